The number of oxazole rings is 1. The Hall–Kier alpha value is -2.76. The highest BCUT2D eigenvalue weighted by Gasteiger charge is 2.06. The van der Waals surface area contributed by atoms with E-state index in [0.29, 0.717) is 12.2 Å². The number of hydrogen-bond acceptors (Lipinski definition) is 5. The molecule has 0 spiro atoms. The van der Waals surface area contributed by atoms with Crippen molar-refractivity contribution in [2.45, 2.75) is 6.42 Å². The van der Waals surface area contributed by atoms with Gasteiger partial charge in [0.05, 0.1) is 6.20 Å². The number of nitrogens with one attached hydrogen (secondary N) is 1. The Morgan fingerprint density at radius 3 is 3.05 bits per heavy atom. The van der Waals surface area contributed by atoms with Gasteiger partial charge >= 0.3 is 0 Å². The molecule has 0 aliphatic heterocycles. The summed E-state index contributed by atoms with van der Waals surface area (Å²) >= 11 is 0. The standard InChI is InChI=1S/C14H12N4O2/c19-14(12-8-15-5-6-16-12)17-4-3-10-1-2-13-11(7-10)18-9-20-13/h1-2,5-9H,3-4H2,(H,17,19). The van der Waals surface area contributed by atoms with Gasteiger partial charge in [-0.05, 0) is 24.1 Å². The first-order valence-corrected chi connectivity index (χ1v) is 6.19. The zero-order chi connectivity index (χ0) is 13.8. The molecule has 0 bridgehead atoms. The molecule has 0 atom stereocenters. The lowest BCUT2D eigenvalue weighted by Crippen LogP contribution is -2.26. The summed E-state index contributed by atoms with van der Waals surface area (Å²) < 4.78 is 5.18. The highest BCUT2D eigenvalue weighted by Crippen LogP contribution is 2.14. The van der Waals surface area contributed by atoms with Gasteiger partial charge in [-0.25, -0.2) is 9.97 Å². The second-order valence-electron chi connectivity index (χ2n) is 4.25. The fourth-order valence-electron chi connectivity index (χ4n) is 1.89. The number of carbonyl (C=O) groups excluding carboxylic acids is 1. The second kappa shape index (κ2) is 5.48. The molecule has 2 aromatic heterocycles. The van der Waals surface area contributed by atoms with Gasteiger partial charge in [0.1, 0.15) is 11.2 Å². The van der Waals surface area contributed by atoms with Crippen LogP contribution in [0.4, 0.5) is 0 Å². The first-order valence-electron chi connectivity index (χ1n) is 6.19. The van der Waals surface area contributed by atoms with Crippen LogP contribution >= 0.6 is 0 Å². The summed E-state index contributed by atoms with van der Waals surface area (Å²) in [5.41, 5.74) is 2.99. The summed E-state index contributed by atoms with van der Waals surface area (Å²) in [5.74, 6) is -0.222. The Morgan fingerprint density at radius 2 is 2.20 bits per heavy atom. The van der Waals surface area contributed by atoms with Crippen LogP contribution in [-0.4, -0.2) is 27.4 Å². The van der Waals surface area contributed by atoms with Gasteiger partial charge in [0.2, 0.25) is 0 Å². The van der Waals surface area contributed by atoms with Crippen LogP contribution in [0, 0.1) is 0 Å². The largest absolute Gasteiger partial charge is 0.443 e. The molecule has 1 aromatic carbocycles. The summed E-state index contributed by atoms with van der Waals surface area (Å²) in [6, 6.07) is 5.79. The van der Waals surface area contributed by atoms with Crippen LogP contribution in [-0.2, 0) is 6.42 Å². The van der Waals surface area contributed by atoms with E-state index in [1.54, 1.807) is 0 Å². The number of fused-ring (bicyclic) bond motifs is 1. The molecule has 0 aliphatic carbocycles. The Labute approximate surface area is 114 Å². The van der Waals surface area contributed by atoms with E-state index >= 15 is 0 Å². The lowest BCUT2D eigenvalue weighted by atomic mass is 10.1. The van der Waals surface area contributed by atoms with Crippen molar-refractivity contribution in [1.82, 2.24) is 20.3 Å². The van der Waals surface area contributed by atoms with Gasteiger partial charge in [-0.15, -0.1) is 0 Å². The topological polar surface area (TPSA) is 80.9 Å². The summed E-state index contributed by atoms with van der Waals surface area (Å²) in [5, 5.41) is 2.80. The smallest absolute Gasteiger partial charge is 0.271 e. The van der Waals surface area contributed by atoms with Crippen molar-refractivity contribution in [1.29, 1.82) is 0 Å². The van der Waals surface area contributed by atoms with E-state index < -0.39 is 0 Å². The molecule has 6 heteroatoms. The Morgan fingerprint density at radius 1 is 1.25 bits per heavy atom. The predicted molar refractivity (Wildman–Crippen MR) is 72.1 cm³/mol. The van der Waals surface area contributed by atoms with Crippen LogP contribution in [0.3, 0.4) is 0 Å². The molecule has 0 unspecified atom stereocenters. The summed E-state index contributed by atoms with van der Waals surface area (Å²) in [4.78, 5) is 23.7. The van der Waals surface area contributed by atoms with E-state index in [1.165, 1.54) is 25.0 Å². The third kappa shape index (κ3) is 2.64. The highest BCUT2D eigenvalue weighted by atomic mass is 16.3. The van der Waals surface area contributed by atoms with Crippen molar-refractivity contribution in [2.24, 2.45) is 0 Å². The normalized spacial score (nSPS) is 10.6. The van der Waals surface area contributed by atoms with Crippen LogP contribution in [0.5, 0.6) is 0 Å². The van der Waals surface area contributed by atoms with Crippen molar-refractivity contribution in [3.05, 3.63) is 54.4 Å². The highest BCUT2D eigenvalue weighted by molar-refractivity contribution is 5.91. The molecule has 3 rings (SSSR count). The molecule has 0 saturated carbocycles. The van der Waals surface area contributed by atoms with Crippen LogP contribution in [0.15, 0.2) is 47.6 Å². The number of hydrogen-bond donors (Lipinski definition) is 1. The summed E-state index contributed by atoms with van der Waals surface area (Å²) in [7, 11) is 0. The minimum absolute atomic E-state index is 0.222. The number of amides is 1. The van der Waals surface area contributed by atoms with E-state index in [0.717, 1.165) is 23.1 Å². The molecular formula is C14H12N4O2. The van der Waals surface area contributed by atoms with Gasteiger partial charge in [0.15, 0.2) is 12.0 Å². The van der Waals surface area contributed by atoms with Gasteiger partial charge in [0, 0.05) is 18.9 Å². The van der Waals surface area contributed by atoms with Gasteiger partial charge in [0.25, 0.3) is 5.91 Å². The Kier molecular flexibility index (Phi) is 3.36. The van der Waals surface area contributed by atoms with Gasteiger partial charge in [-0.2, -0.15) is 0 Å². The maximum absolute atomic E-state index is 11.8. The number of aromatic nitrogens is 3. The zero-order valence-electron chi connectivity index (χ0n) is 10.6. The number of carbonyl (C=O) groups is 1. The molecule has 2 heterocycles. The first kappa shape index (κ1) is 12.3. The monoisotopic (exact) mass is 268 g/mol. The average Bonchev–Trinajstić information content (AvgIpc) is 2.95. The molecule has 3 aromatic rings. The van der Waals surface area contributed by atoms with Crippen LogP contribution in [0.1, 0.15) is 16.1 Å². The van der Waals surface area contributed by atoms with Crippen molar-refractivity contribution in [3.8, 4) is 0 Å². The van der Waals surface area contributed by atoms with Crippen LogP contribution < -0.4 is 5.32 Å². The minimum atomic E-state index is -0.222. The fourth-order valence-corrected chi connectivity index (χ4v) is 1.89. The molecule has 0 aliphatic rings. The summed E-state index contributed by atoms with van der Waals surface area (Å²) in [6.07, 6.45) is 6.60. The van der Waals surface area contributed by atoms with Crippen molar-refractivity contribution in [3.63, 3.8) is 0 Å². The number of nitrogens with zero attached hydrogens (tertiary/aromatic N) is 3. The maximum Gasteiger partial charge on any atom is 0.271 e. The molecular weight excluding hydrogens is 256 g/mol. The maximum atomic E-state index is 11.8. The van der Waals surface area contributed by atoms with Crippen LogP contribution in [0.2, 0.25) is 0 Å². The number of rotatable bonds is 4. The van der Waals surface area contributed by atoms with Gasteiger partial charge in [-0.1, -0.05) is 6.07 Å². The third-order valence-corrected chi connectivity index (χ3v) is 2.89. The van der Waals surface area contributed by atoms with E-state index in [9.17, 15) is 4.79 Å². The molecule has 20 heavy (non-hydrogen) atoms. The van der Waals surface area contributed by atoms with Gasteiger partial charge in [-0.3, -0.25) is 9.78 Å². The molecule has 1 amide bonds. The molecule has 0 saturated heterocycles. The fraction of sp³-hybridized carbons (Fsp3) is 0.143. The molecule has 0 radical (unpaired) electrons. The minimum Gasteiger partial charge on any atom is -0.443 e. The average molecular weight is 268 g/mol. The van der Waals surface area contributed by atoms with Crippen molar-refractivity contribution >= 4 is 17.0 Å². The van der Waals surface area contributed by atoms with Crippen molar-refractivity contribution in [2.75, 3.05) is 6.54 Å². The molecule has 0 fully saturated rings. The van der Waals surface area contributed by atoms with E-state index in [1.807, 2.05) is 18.2 Å². The van der Waals surface area contributed by atoms with Crippen LogP contribution in [0.25, 0.3) is 11.1 Å². The third-order valence-electron chi connectivity index (χ3n) is 2.89. The first-order chi connectivity index (χ1) is 9.83. The summed E-state index contributed by atoms with van der Waals surface area (Å²) in [6.45, 7) is 0.527. The quantitative estimate of drug-likeness (QED) is 0.777. The van der Waals surface area contributed by atoms with E-state index in [-0.39, 0.29) is 5.91 Å². The predicted octanol–water partition coefficient (Wildman–Crippen LogP) is 1.59. The van der Waals surface area contributed by atoms with E-state index in [2.05, 4.69) is 20.3 Å². The lowest BCUT2D eigenvalue weighted by Gasteiger charge is -2.04. The Balaban J connectivity index is 1.58. The van der Waals surface area contributed by atoms with E-state index in [4.69, 9.17) is 4.42 Å². The molecule has 6 nitrogen and oxygen atoms in total. The molecule has 100 valence electrons. The SMILES string of the molecule is O=C(NCCc1ccc2ocnc2c1)c1cnccn1. The van der Waals surface area contributed by atoms with Crippen molar-refractivity contribution < 1.29 is 9.21 Å². The molecule has 1 N–H and O–H groups in total. The lowest BCUT2D eigenvalue weighted by molar-refractivity contribution is 0.0948. The van der Waals surface area contributed by atoms with Gasteiger partial charge < -0.3 is 9.73 Å². The Bertz CT molecular complexity index is 724. The second-order valence-corrected chi connectivity index (χ2v) is 4.25. The zero-order valence-corrected chi connectivity index (χ0v) is 10.6. The number of benzene rings is 1.